The van der Waals surface area contributed by atoms with Gasteiger partial charge in [-0.3, -0.25) is 14.9 Å². The van der Waals surface area contributed by atoms with Crippen LogP contribution in [0.25, 0.3) is 39.1 Å². The van der Waals surface area contributed by atoms with Gasteiger partial charge in [-0.25, -0.2) is 4.98 Å². The molecule has 0 saturated heterocycles. The lowest BCUT2D eigenvalue weighted by atomic mass is 9.88. The summed E-state index contributed by atoms with van der Waals surface area (Å²) in [5, 5.41) is 12.5. The molecular formula is C20H10N2O4. The van der Waals surface area contributed by atoms with Crippen LogP contribution in [-0.2, 0) is 0 Å². The van der Waals surface area contributed by atoms with Gasteiger partial charge in [0.2, 0.25) is 0 Å². The fraction of sp³-hybridized carbons (Fsp3) is 0. The van der Waals surface area contributed by atoms with Gasteiger partial charge in [-0.1, -0.05) is 6.08 Å². The van der Waals surface area contributed by atoms with Crippen LogP contribution in [-0.4, -0.2) is 15.7 Å². The van der Waals surface area contributed by atoms with Crippen molar-refractivity contribution in [2.24, 2.45) is 0 Å². The molecule has 1 heterocycles. The Labute approximate surface area is 146 Å². The zero-order valence-electron chi connectivity index (χ0n) is 13.3. The minimum absolute atomic E-state index is 0.0241. The molecule has 6 nitrogen and oxygen atoms in total. The van der Waals surface area contributed by atoms with Gasteiger partial charge in [0.15, 0.2) is 17.8 Å². The fourth-order valence-electron chi connectivity index (χ4n) is 3.44. The van der Waals surface area contributed by atoms with Gasteiger partial charge in [0.25, 0.3) is 5.69 Å². The molecule has 1 aliphatic carbocycles. The maximum absolute atomic E-state index is 12.5. The van der Waals surface area contributed by atoms with Crippen molar-refractivity contribution < 1.29 is 14.1 Å². The summed E-state index contributed by atoms with van der Waals surface area (Å²) < 4.78 is 5.44. The van der Waals surface area contributed by atoms with E-state index in [1.807, 2.05) is 18.2 Å². The number of hydrogen-bond acceptors (Lipinski definition) is 5. The highest BCUT2D eigenvalue weighted by molar-refractivity contribution is 6.24. The molecule has 0 saturated carbocycles. The molecule has 4 aromatic rings. The van der Waals surface area contributed by atoms with Crippen LogP contribution in [0, 0.1) is 10.1 Å². The van der Waals surface area contributed by atoms with Gasteiger partial charge in [0.05, 0.1) is 4.92 Å². The van der Waals surface area contributed by atoms with Gasteiger partial charge in [0, 0.05) is 28.5 Å². The monoisotopic (exact) mass is 342 g/mol. The van der Waals surface area contributed by atoms with E-state index in [9.17, 15) is 14.9 Å². The number of ketones is 1. The first kappa shape index (κ1) is 14.5. The Balaban J connectivity index is 1.83. The van der Waals surface area contributed by atoms with Crippen LogP contribution in [0.15, 0.2) is 59.4 Å². The topological polar surface area (TPSA) is 86.2 Å². The number of benzene rings is 3. The quantitative estimate of drug-likeness (QED) is 0.387. The Bertz CT molecular complexity index is 1270. The van der Waals surface area contributed by atoms with E-state index in [4.69, 9.17) is 4.42 Å². The van der Waals surface area contributed by atoms with E-state index in [-0.39, 0.29) is 11.5 Å². The molecule has 0 fully saturated rings. The molecule has 124 valence electrons. The van der Waals surface area contributed by atoms with Crippen LogP contribution < -0.4 is 0 Å². The molecular weight excluding hydrogens is 332 g/mol. The number of oxazole rings is 1. The van der Waals surface area contributed by atoms with Gasteiger partial charge in [-0.15, -0.1) is 0 Å². The van der Waals surface area contributed by atoms with Crippen molar-refractivity contribution in [2.45, 2.75) is 0 Å². The Morgan fingerprint density at radius 3 is 2.58 bits per heavy atom. The van der Waals surface area contributed by atoms with E-state index >= 15 is 0 Å². The first-order chi connectivity index (χ1) is 12.6. The maximum Gasteiger partial charge on any atom is 0.269 e. The number of fused-ring (bicyclic) bond motifs is 2. The van der Waals surface area contributed by atoms with Crippen molar-refractivity contribution in [3.8, 4) is 11.1 Å². The molecule has 0 spiro atoms. The fourth-order valence-corrected chi connectivity index (χ4v) is 3.44. The Morgan fingerprint density at radius 1 is 1.00 bits per heavy atom. The molecule has 6 heteroatoms. The van der Waals surface area contributed by atoms with E-state index in [0.29, 0.717) is 16.7 Å². The third-order valence-electron chi connectivity index (χ3n) is 4.65. The summed E-state index contributed by atoms with van der Waals surface area (Å²) in [4.78, 5) is 27.2. The minimum Gasteiger partial charge on any atom is -0.443 e. The van der Waals surface area contributed by atoms with E-state index in [1.165, 1.54) is 18.5 Å². The number of non-ortho nitro benzene ring substituents is 1. The van der Waals surface area contributed by atoms with Crippen LogP contribution in [0.2, 0.25) is 0 Å². The molecule has 3 aromatic carbocycles. The number of aromatic nitrogens is 1. The largest absolute Gasteiger partial charge is 0.443 e. The number of hydrogen-bond donors (Lipinski definition) is 0. The molecule has 0 atom stereocenters. The number of nitro benzene ring substituents is 1. The van der Waals surface area contributed by atoms with Crippen LogP contribution in [0.1, 0.15) is 15.9 Å². The number of nitro groups is 1. The van der Waals surface area contributed by atoms with Crippen LogP contribution in [0.5, 0.6) is 0 Å². The standard InChI is InChI=1S/C20H10N2O4/c23-17-6-3-12-9-18-20(21-10-26-18)16-8-13(7-15(17)19(12)16)11-1-4-14(5-2-11)22(24)25/h1-10H. The van der Waals surface area contributed by atoms with E-state index in [2.05, 4.69) is 4.98 Å². The highest BCUT2D eigenvalue weighted by atomic mass is 16.6. The van der Waals surface area contributed by atoms with E-state index < -0.39 is 4.92 Å². The molecule has 1 aliphatic rings. The molecule has 5 rings (SSSR count). The summed E-state index contributed by atoms with van der Waals surface area (Å²) in [6.45, 7) is 0. The van der Waals surface area contributed by atoms with Gasteiger partial charge in [-0.05, 0) is 53.1 Å². The lowest BCUT2D eigenvalue weighted by Crippen LogP contribution is -2.02. The van der Waals surface area contributed by atoms with Gasteiger partial charge in [-0.2, -0.15) is 0 Å². The maximum atomic E-state index is 12.5. The van der Waals surface area contributed by atoms with Crippen molar-refractivity contribution in [3.63, 3.8) is 0 Å². The van der Waals surface area contributed by atoms with Crippen molar-refractivity contribution in [1.29, 1.82) is 0 Å². The van der Waals surface area contributed by atoms with Gasteiger partial charge >= 0.3 is 0 Å². The summed E-state index contributed by atoms with van der Waals surface area (Å²) in [7, 11) is 0. The summed E-state index contributed by atoms with van der Waals surface area (Å²) in [5.41, 5.74) is 4.46. The number of carbonyl (C=O) groups excluding carboxylic acids is 1. The smallest absolute Gasteiger partial charge is 0.269 e. The highest BCUT2D eigenvalue weighted by Gasteiger charge is 2.20. The molecule has 26 heavy (non-hydrogen) atoms. The van der Waals surface area contributed by atoms with Crippen LogP contribution in [0.3, 0.4) is 0 Å². The number of allylic oxidation sites excluding steroid dienone is 1. The van der Waals surface area contributed by atoms with Crippen molar-refractivity contribution in [1.82, 2.24) is 4.98 Å². The number of rotatable bonds is 2. The molecule has 0 N–H and O–H groups in total. The average Bonchev–Trinajstić information content (AvgIpc) is 3.13. The summed E-state index contributed by atoms with van der Waals surface area (Å²) in [6, 6.07) is 11.9. The summed E-state index contributed by atoms with van der Waals surface area (Å²) >= 11 is 0. The van der Waals surface area contributed by atoms with Gasteiger partial charge < -0.3 is 4.42 Å². The predicted octanol–water partition coefficient (Wildman–Crippen LogP) is 4.77. The first-order valence-corrected chi connectivity index (χ1v) is 7.93. The summed E-state index contributed by atoms with van der Waals surface area (Å²) in [5.74, 6) is -0.0749. The van der Waals surface area contributed by atoms with Crippen molar-refractivity contribution in [3.05, 3.63) is 76.2 Å². The zero-order chi connectivity index (χ0) is 17.8. The molecule has 0 aliphatic heterocycles. The zero-order valence-corrected chi connectivity index (χ0v) is 13.3. The van der Waals surface area contributed by atoms with E-state index in [1.54, 1.807) is 24.3 Å². The Morgan fingerprint density at radius 2 is 1.81 bits per heavy atom. The highest BCUT2D eigenvalue weighted by Crippen LogP contribution is 2.37. The lowest BCUT2D eigenvalue weighted by molar-refractivity contribution is -0.384. The lowest BCUT2D eigenvalue weighted by Gasteiger charge is -2.14. The second kappa shape index (κ2) is 5.10. The second-order valence-electron chi connectivity index (χ2n) is 6.11. The first-order valence-electron chi connectivity index (χ1n) is 7.93. The van der Waals surface area contributed by atoms with Gasteiger partial charge in [0.1, 0.15) is 5.52 Å². The van der Waals surface area contributed by atoms with Crippen molar-refractivity contribution in [2.75, 3.05) is 0 Å². The normalized spacial score (nSPS) is 12.8. The number of carbonyl (C=O) groups is 1. The minimum atomic E-state index is -0.437. The third-order valence-corrected chi connectivity index (χ3v) is 4.65. The second-order valence-corrected chi connectivity index (χ2v) is 6.11. The van der Waals surface area contributed by atoms with E-state index in [0.717, 1.165) is 27.5 Å². The third kappa shape index (κ3) is 1.99. The molecule has 1 aromatic heterocycles. The SMILES string of the molecule is O=C1C=Cc2cc3ocnc3c3cc(-c4ccc([N+](=O)[O-])cc4)cc1c23. The Hall–Kier alpha value is -3.80. The molecule has 0 radical (unpaired) electrons. The predicted molar refractivity (Wildman–Crippen MR) is 97.0 cm³/mol. The molecule has 0 bridgehead atoms. The Kier molecular flexibility index (Phi) is 2.85. The van der Waals surface area contributed by atoms with Crippen LogP contribution in [0.4, 0.5) is 5.69 Å². The van der Waals surface area contributed by atoms with Crippen molar-refractivity contribution >= 4 is 39.4 Å². The number of nitrogens with zero attached hydrogens (tertiary/aromatic N) is 2. The van der Waals surface area contributed by atoms with Crippen LogP contribution >= 0.6 is 0 Å². The molecule has 0 amide bonds. The summed E-state index contributed by atoms with van der Waals surface area (Å²) in [6.07, 6.45) is 4.71. The average molecular weight is 342 g/mol. The molecule has 0 unspecified atom stereocenters.